The second-order valence-electron chi connectivity index (χ2n) is 6.61. The fourth-order valence-electron chi connectivity index (χ4n) is 3.37. The van der Waals surface area contributed by atoms with Crippen molar-refractivity contribution in [1.82, 2.24) is 15.5 Å². The minimum Gasteiger partial charge on any atom is -0.350 e. The summed E-state index contributed by atoms with van der Waals surface area (Å²) in [5.41, 5.74) is 0.581. The third-order valence-corrected chi connectivity index (χ3v) is 4.70. The van der Waals surface area contributed by atoms with E-state index in [2.05, 4.69) is 10.6 Å². The Morgan fingerprint density at radius 2 is 1.67 bits per heavy atom. The summed E-state index contributed by atoms with van der Waals surface area (Å²) < 4.78 is 0. The van der Waals surface area contributed by atoms with E-state index >= 15 is 0 Å². The Morgan fingerprint density at radius 3 is 2.30 bits per heavy atom. The molecule has 4 amide bonds. The molecule has 6 heteroatoms. The first-order valence-corrected chi connectivity index (χ1v) is 9.07. The molecule has 1 aliphatic rings. The minimum atomic E-state index is -1.10. The summed E-state index contributed by atoms with van der Waals surface area (Å²) in [5.74, 6) is -0.752. The van der Waals surface area contributed by atoms with Gasteiger partial charge in [-0.2, -0.15) is 0 Å². The molecule has 0 spiro atoms. The molecule has 0 aromatic heterocycles. The van der Waals surface area contributed by atoms with Crippen LogP contribution in [0.2, 0.25) is 0 Å². The Morgan fingerprint density at radius 1 is 1.04 bits per heavy atom. The van der Waals surface area contributed by atoms with Crippen molar-refractivity contribution in [3.63, 3.8) is 0 Å². The van der Waals surface area contributed by atoms with Gasteiger partial charge in [0.1, 0.15) is 12.1 Å². The highest BCUT2D eigenvalue weighted by atomic mass is 16.2. The van der Waals surface area contributed by atoms with Crippen LogP contribution in [0.5, 0.6) is 0 Å². The number of hydrogen-bond donors (Lipinski definition) is 2. The smallest absolute Gasteiger partial charge is 0.325 e. The second-order valence-corrected chi connectivity index (χ2v) is 6.61. The Labute approximate surface area is 158 Å². The van der Waals surface area contributed by atoms with E-state index in [-0.39, 0.29) is 18.4 Å². The van der Waals surface area contributed by atoms with Gasteiger partial charge in [0.05, 0.1) is 0 Å². The van der Waals surface area contributed by atoms with Crippen molar-refractivity contribution in [2.24, 2.45) is 0 Å². The maximum atomic E-state index is 13.1. The first kappa shape index (κ1) is 18.6. The average Bonchev–Trinajstić information content (AvgIpc) is 2.93. The summed E-state index contributed by atoms with van der Waals surface area (Å²) in [4.78, 5) is 38.9. The first-order valence-electron chi connectivity index (χ1n) is 9.07. The van der Waals surface area contributed by atoms with Gasteiger partial charge < -0.3 is 10.6 Å². The Hall–Kier alpha value is -3.15. The highest BCUT2D eigenvalue weighted by molar-refractivity contribution is 6.09. The molecule has 2 aromatic rings. The van der Waals surface area contributed by atoms with Gasteiger partial charge in [-0.05, 0) is 17.5 Å². The van der Waals surface area contributed by atoms with Crippen molar-refractivity contribution in [3.8, 4) is 0 Å². The first-order chi connectivity index (χ1) is 13.1. The molecular weight excluding hydrogens is 342 g/mol. The Balaban J connectivity index is 1.72. The lowest BCUT2D eigenvalue weighted by Crippen LogP contribution is -2.45. The van der Waals surface area contributed by atoms with Gasteiger partial charge >= 0.3 is 6.03 Å². The van der Waals surface area contributed by atoms with Gasteiger partial charge in [0.25, 0.3) is 5.91 Å². The summed E-state index contributed by atoms with van der Waals surface area (Å²) >= 11 is 0. The van der Waals surface area contributed by atoms with Gasteiger partial charge in [-0.15, -0.1) is 0 Å². The van der Waals surface area contributed by atoms with Crippen LogP contribution in [-0.2, 0) is 21.7 Å². The van der Waals surface area contributed by atoms with E-state index in [0.717, 1.165) is 22.4 Å². The number of carbonyl (C=O) groups is 3. The van der Waals surface area contributed by atoms with E-state index in [4.69, 9.17) is 0 Å². The lowest BCUT2D eigenvalue weighted by atomic mass is 9.85. The normalized spacial score (nSPS) is 19.1. The summed E-state index contributed by atoms with van der Waals surface area (Å²) in [5, 5.41) is 5.57. The van der Waals surface area contributed by atoms with Crippen molar-refractivity contribution in [2.45, 2.75) is 31.8 Å². The zero-order valence-electron chi connectivity index (χ0n) is 15.3. The van der Waals surface area contributed by atoms with Gasteiger partial charge in [0, 0.05) is 6.54 Å². The number of amides is 4. The van der Waals surface area contributed by atoms with Crippen molar-refractivity contribution in [2.75, 3.05) is 6.54 Å². The fourth-order valence-corrected chi connectivity index (χ4v) is 3.37. The zero-order chi connectivity index (χ0) is 19.3. The van der Waals surface area contributed by atoms with E-state index in [0.29, 0.717) is 13.0 Å². The molecular formula is C21H23N3O3. The summed E-state index contributed by atoms with van der Waals surface area (Å²) in [6, 6.07) is 18.1. The van der Waals surface area contributed by atoms with E-state index < -0.39 is 11.6 Å². The van der Waals surface area contributed by atoms with Gasteiger partial charge in [-0.3, -0.25) is 14.5 Å². The molecule has 6 nitrogen and oxygen atoms in total. The molecule has 2 N–H and O–H groups in total. The molecule has 1 fully saturated rings. The van der Waals surface area contributed by atoms with Gasteiger partial charge in [-0.1, -0.05) is 74.0 Å². The van der Waals surface area contributed by atoms with Gasteiger partial charge in [0.15, 0.2) is 0 Å². The van der Waals surface area contributed by atoms with Crippen LogP contribution in [0.3, 0.4) is 0 Å². The molecule has 1 aliphatic heterocycles. The number of carbonyl (C=O) groups excluding carboxylic acids is 3. The lowest BCUT2D eigenvalue weighted by Gasteiger charge is -2.26. The second kappa shape index (κ2) is 8.03. The number of hydrogen-bond acceptors (Lipinski definition) is 3. The Kier molecular flexibility index (Phi) is 5.54. The predicted molar refractivity (Wildman–Crippen MR) is 102 cm³/mol. The maximum Gasteiger partial charge on any atom is 0.325 e. The predicted octanol–water partition coefficient (Wildman–Crippen LogP) is 2.55. The number of rotatable bonds is 7. The third-order valence-electron chi connectivity index (χ3n) is 4.70. The number of benzene rings is 2. The maximum absolute atomic E-state index is 13.1. The molecule has 0 aliphatic carbocycles. The highest BCUT2D eigenvalue weighted by Gasteiger charge is 2.52. The molecule has 0 radical (unpaired) electrons. The van der Waals surface area contributed by atoms with Crippen molar-refractivity contribution in [3.05, 3.63) is 71.8 Å². The molecule has 1 saturated heterocycles. The largest absolute Gasteiger partial charge is 0.350 e. The van der Waals surface area contributed by atoms with Crippen molar-refractivity contribution in [1.29, 1.82) is 0 Å². The quantitative estimate of drug-likeness (QED) is 0.740. The monoisotopic (exact) mass is 365 g/mol. The fraction of sp³-hybridized carbons (Fsp3) is 0.286. The number of nitrogens with zero attached hydrogens (tertiary/aromatic N) is 1. The molecule has 0 unspecified atom stereocenters. The lowest BCUT2D eigenvalue weighted by molar-refractivity contribution is -0.135. The summed E-state index contributed by atoms with van der Waals surface area (Å²) in [6.45, 7) is 2.01. The molecule has 3 rings (SSSR count). The van der Waals surface area contributed by atoms with Gasteiger partial charge in [-0.25, -0.2) is 4.79 Å². The van der Waals surface area contributed by atoms with Crippen LogP contribution in [0.15, 0.2) is 60.7 Å². The van der Waals surface area contributed by atoms with Gasteiger partial charge in [0.2, 0.25) is 5.91 Å². The zero-order valence-corrected chi connectivity index (χ0v) is 15.3. The molecule has 27 heavy (non-hydrogen) atoms. The van der Waals surface area contributed by atoms with E-state index in [1.54, 1.807) is 0 Å². The standard InChI is InChI=1S/C21H23N3O3/c1-2-13-21(17-11-7-4-8-12-17)19(26)24(20(27)23-21)15-18(25)22-14-16-9-5-3-6-10-16/h3-12H,2,13-15H2,1H3,(H,22,25)(H,23,27)/t21-/m0/s1. The van der Waals surface area contributed by atoms with Crippen molar-refractivity contribution >= 4 is 17.8 Å². The van der Waals surface area contributed by atoms with Crippen molar-refractivity contribution < 1.29 is 14.4 Å². The summed E-state index contributed by atoms with van der Waals surface area (Å²) in [7, 11) is 0. The molecule has 0 bridgehead atoms. The topological polar surface area (TPSA) is 78.5 Å². The molecule has 2 aromatic carbocycles. The summed E-state index contributed by atoms with van der Waals surface area (Å²) in [6.07, 6.45) is 1.19. The van der Waals surface area contributed by atoms with Crippen LogP contribution >= 0.6 is 0 Å². The third kappa shape index (κ3) is 3.84. The van der Waals surface area contributed by atoms with Crippen LogP contribution in [0, 0.1) is 0 Å². The van der Waals surface area contributed by atoms with Crippen LogP contribution < -0.4 is 10.6 Å². The SMILES string of the molecule is CCC[C@@]1(c2ccccc2)NC(=O)N(CC(=O)NCc2ccccc2)C1=O. The molecule has 1 heterocycles. The van der Waals surface area contributed by atoms with Crippen LogP contribution in [-0.4, -0.2) is 29.3 Å². The highest BCUT2D eigenvalue weighted by Crippen LogP contribution is 2.33. The Bertz CT molecular complexity index is 823. The van der Waals surface area contributed by atoms with E-state index in [1.165, 1.54) is 0 Å². The van der Waals surface area contributed by atoms with Crippen LogP contribution in [0.25, 0.3) is 0 Å². The number of nitrogens with one attached hydrogen (secondary N) is 2. The van der Waals surface area contributed by atoms with Crippen LogP contribution in [0.4, 0.5) is 4.79 Å². The van der Waals surface area contributed by atoms with Crippen LogP contribution in [0.1, 0.15) is 30.9 Å². The number of imide groups is 1. The number of urea groups is 1. The van der Waals surface area contributed by atoms with E-state index in [9.17, 15) is 14.4 Å². The minimum absolute atomic E-state index is 0.296. The van der Waals surface area contributed by atoms with E-state index in [1.807, 2.05) is 67.6 Å². The molecule has 1 atom stereocenters. The average molecular weight is 365 g/mol. The molecule has 140 valence electrons. The molecule has 0 saturated carbocycles.